The van der Waals surface area contributed by atoms with E-state index in [2.05, 4.69) is 10.3 Å². The molecule has 0 saturated heterocycles. The molecule has 1 aromatic heterocycles. The van der Waals surface area contributed by atoms with Gasteiger partial charge in [-0.05, 0) is 61.4 Å². The van der Waals surface area contributed by atoms with Crippen molar-refractivity contribution in [1.82, 2.24) is 10.3 Å². The molecule has 0 aliphatic heterocycles. The molecule has 2 aromatic carbocycles. The highest BCUT2D eigenvalue weighted by molar-refractivity contribution is 6.31. The Morgan fingerprint density at radius 2 is 1.80 bits per heavy atom. The molecule has 2 N–H and O–H groups in total. The van der Waals surface area contributed by atoms with Crippen LogP contribution in [0.1, 0.15) is 44.8 Å². The van der Waals surface area contributed by atoms with Gasteiger partial charge in [-0.15, -0.1) is 0 Å². The van der Waals surface area contributed by atoms with Gasteiger partial charge in [0.25, 0.3) is 5.91 Å². The summed E-state index contributed by atoms with van der Waals surface area (Å²) < 4.78 is 5.80. The molecule has 6 nitrogen and oxygen atoms in total. The third-order valence-corrected chi connectivity index (χ3v) is 5.04. The van der Waals surface area contributed by atoms with Gasteiger partial charge in [-0.1, -0.05) is 35.3 Å². The molecule has 8 heteroatoms. The number of aryl methyl sites for hydroxylation is 1. The van der Waals surface area contributed by atoms with Crippen molar-refractivity contribution >= 4 is 35.1 Å². The number of ether oxygens (including phenoxy) is 1. The van der Waals surface area contributed by atoms with Crippen molar-refractivity contribution in [3.05, 3.63) is 87.0 Å². The molecule has 0 spiro atoms. The molecule has 30 heavy (non-hydrogen) atoms. The SMILES string of the molecule is Cc1cc(Oc2ncc(Cl)cc2C(=O)N[C@@H](C)c2ccc(C(=O)O)cc2)ccc1Cl. The molecule has 1 atom stereocenters. The zero-order valence-electron chi connectivity index (χ0n) is 16.1. The molecule has 0 saturated carbocycles. The molecular weight excluding hydrogens is 427 g/mol. The number of nitrogens with one attached hydrogen (secondary N) is 1. The van der Waals surface area contributed by atoms with Crippen LogP contribution < -0.4 is 10.1 Å². The van der Waals surface area contributed by atoms with E-state index in [-0.39, 0.29) is 23.0 Å². The van der Waals surface area contributed by atoms with Gasteiger partial charge in [0.1, 0.15) is 11.3 Å². The first kappa shape index (κ1) is 21.6. The van der Waals surface area contributed by atoms with Gasteiger partial charge in [0.2, 0.25) is 5.88 Å². The lowest BCUT2D eigenvalue weighted by atomic mass is 10.1. The van der Waals surface area contributed by atoms with E-state index in [9.17, 15) is 9.59 Å². The summed E-state index contributed by atoms with van der Waals surface area (Å²) in [5.74, 6) is -0.854. The largest absolute Gasteiger partial charge is 0.478 e. The van der Waals surface area contributed by atoms with Crippen LogP contribution in [0.5, 0.6) is 11.6 Å². The quantitative estimate of drug-likeness (QED) is 0.510. The summed E-state index contributed by atoms with van der Waals surface area (Å²) in [6.07, 6.45) is 1.39. The smallest absolute Gasteiger partial charge is 0.335 e. The Kier molecular flexibility index (Phi) is 6.59. The van der Waals surface area contributed by atoms with Crippen LogP contribution in [-0.2, 0) is 0 Å². The van der Waals surface area contributed by atoms with Crippen molar-refractivity contribution in [1.29, 1.82) is 0 Å². The van der Waals surface area contributed by atoms with Crippen LogP contribution in [0.15, 0.2) is 54.7 Å². The Morgan fingerprint density at radius 1 is 1.10 bits per heavy atom. The van der Waals surface area contributed by atoms with E-state index in [1.807, 2.05) is 6.92 Å². The second-order valence-electron chi connectivity index (χ2n) is 6.64. The number of hydrogen-bond acceptors (Lipinski definition) is 4. The lowest BCUT2D eigenvalue weighted by Crippen LogP contribution is -2.27. The van der Waals surface area contributed by atoms with Crippen molar-refractivity contribution in [3.63, 3.8) is 0 Å². The first-order chi connectivity index (χ1) is 14.2. The maximum atomic E-state index is 12.9. The van der Waals surface area contributed by atoms with Crippen molar-refractivity contribution in [2.45, 2.75) is 19.9 Å². The van der Waals surface area contributed by atoms with E-state index in [1.165, 1.54) is 24.4 Å². The number of carbonyl (C=O) groups is 2. The number of amides is 1. The zero-order valence-corrected chi connectivity index (χ0v) is 17.7. The van der Waals surface area contributed by atoms with Gasteiger partial charge in [0.15, 0.2) is 0 Å². The number of carboxylic acid groups (broad SMARTS) is 1. The minimum atomic E-state index is -1.01. The normalized spacial score (nSPS) is 11.6. The lowest BCUT2D eigenvalue weighted by molar-refractivity contribution is 0.0696. The molecule has 0 bridgehead atoms. The van der Waals surface area contributed by atoms with Gasteiger partial charge >= 0.3 is 5.97 Å². The summed E-state index contributed by atoms with van der Waals surface area (Å²) in [5.41, 5.74) is 1.92. The fourth-order valence-electron chi connectivity index (χ4n) is 2.74. The summed E-state index contributed by atoms with van der Waals surface area (Å²) in [4.78, 5) is 28.0. The number of aromatic carboxylic acids is 1. The number of aromatic nitrogens is 1. The molecule has 0 aliphatic carbocycles. The van der Waals surface area contributed by atoms with Crippen LogP contribution >= 0.6 is 23.2 Å². The van der Waals surface area contributed by atoms with Crippen LogP contribution in [0.4, 0.5) is 0 Å². The van der Waals surface area contributed by atoms with E-state index in [1.54, 1.807) is 37.3 Å². The monoisotopic (exact) mass is 444 g/mol. The van der Waals surface area contributed by atoms with E-state index in [0.29, 0.717) is 15.8 Å². The van der Waals surface area contributed by atoms with Crippen molar-refractivity contribution in [3.8, 4) is 11.6 Å². The predicted octanol–water partition coefficient (Wildman–Crippen LogP) is 5.68. The first-order valence-corrected chi connectivity index (χ1v) is 9.74. The topological polar surface area (TPSA) is 88.5 Å². The van der Waals surface area contributed by atoms with Crippen LogP contribution in [0.3, 0.4) is 0 Å². The summed E-state index contributed by atoms with van der Waals surface area (Å²) in [7, 11) is 0. The summed E-state index contributed by atoms with van der Waals surface area (Å²) in [5, 5.41) is 12.8. The minimum Gasteiger partial charge on any atom is -0.478 e. The third kappa shape index (κ3) is 5.09. The van der Waals surface area contributed by atoms with Gasteiger partial charge in [-0.25, -0.2) is 9.78 Å². The highest BCUT2D eigenvalue weighted by Gasteiger charge is 2.19. The molecule has 0 aliphatic rings. The van der Waals surface area contributed by atoms with Crippen molar-refractivity contribution in [2.75, 3.05) is 0 Å². The summed E-state index contributed by atoms with van der Waals surface area (Å²) in [6, 6.07) is 12.5. The Balaban J connectivity index is 1.81. The van der Waals surface area contributed by atoms with E-state index in [4.69, 9.17) is 33.0 Å². The maximum Gasteiger partial charge on any atom is 0.335 e. The minimum absolute atomic E-state index is 0.104. The predicted molar refractivity (Wildman–Crippen MR) is 115 cm³/mol. The van der Waals surface area contributed by atoms with Gasteiger partial charge in [-0.3, -0.25) is 4.79 Å². The molecule has 0 radical (unpaired) electrons. The Hall–Kier alpha value is -3.09. The van der Waals surface area contributed by atoms with Crippen molar-refractivity contribution in [2.24, 2.45) is 0 Å². The fraction of sp³-hybridized carbons (Fsp3) is 0.136. The summed E-state index contributed by atoms with van der Waals surface area (Å²) in [6.45, 7) is 3.63. The molecule has 1 heterocycles. The fourth-order valence-corrected chi connectivity index (χ4v) is 3.01. The number of pyridine rings is 1. The van der Waals surface area contributed by atoms with Gasteiger partial charge in [0.05, 0.1) is 16.6 Å². The number of carboxylic acids is 1. The lowest BCUT2D eigenvalue weighted by Gasteiger charge is -2.16. The molecule has 3 rings (SSSR count). The summed E-state index contributed by atoms with van der Waals surface area (Å²) >= 11 is 12.1. The molecule has 0 fully saturated rings. The average molecular weight is 445 g/mol. The highest BCUT2D eigenvalue weighted by Crippen LogP contribution is 2.28. The number of nitrogens with zero attached hydrogens (tertiary/aromatic N) is 1. The van der Waals surface area contributed by atoms with Crippen LogP contribution in [-0.4, -0.2) is 22.0 Å². The maximum absolute atomic E-state index is 12.9. The number of carbonyl (C=O) groups excluding carboxylic acids is 1. The van der Waals surface area contributed by atoms with Crippen LogP contribution in [0, 0.1) is 6.92 Å². The van der Waals surface area contributed by atoms with E-state index in [0.717, 1.165) is 11.1 Å². The van der Waals surface area contributed by atoms with Gasteiger partial charge in [0, 0.05) is 11.2 Å². The molecular formula is C22H18Cl2N2O4. The molecule has 3 aromatic rings. The van der Waals surface area contributed by atoms with Crippen LogP contribution in [0.2, 0.25) is 10.0 Å². The van der Waals surface area contributed by atoms with Gasteiger partial charge in [-0.2, -0.15) is 0 Å². The van der Waals surface area contributed by atoms with Gasteiger partial charge < -0.3 is 15.2 Å². The second kappa shape index (κ2) is 9.15. The number of rotatable bonds is 6. The van der Waals surface area contributed by atoms with Crippen LogP contribution in [0.25, 0.3) is 0 Å². The molecule has 0 unspecified atom stereocenters. The Labute approximate surface area is 183 Å². The standard InChI is InChI=1S/C22H18Cl2N2O4/c1-12-9-17(7-8-19(12)24)30-21-18(10-16(23)11-25-21)20(27)26-13(2)14-3-5-15(6-4-14)22(28)29/h3-11,13H,1-2H3,(H,26,27)(H,28,29)/t13-/m0/s1. The molecule has 154 valence electrons. The highest BCUT2D eigenvalue weighted by atomic mass is 35.5. The third-order valence-electron chi connectivity index (χ3n) is 4.41. The second-order valence-corrected chi connectivity index (χ2v) is 7.49. The molecule has 1 amide bonds. The first-order valence-electron chi connectivity index (χ1n) is 8.98. The Bertz CT molecular complexity index is 1100. The van der Waals surface area contributed by atoms with Crippen molar-refractivity contribution < 1.29 is 19.4 Å². The average Bonchev–Trinajstić information content (AvgIpc) is 2.72. The number of halogens is 2. The van der Waals surface area contributed by atoms with E-state index >= 15 is 0 Å². The Morgan fingerprint density at radius 3 is 2.43 bits per heavy atom. The number of hydrogen-bond donors (Lipinski definition) is 2. The zero-order chi connectivity index (χ0) is 21.8. The van der Waals surface area contributed by atoms with E-state index < -0.39 is 11.9 Å². The number of benzene rings is 2.